The number of methoxy groups -OCH3 is 1. The molecule has 0 saturated carbocycles. The van der Waals surface area contributed by atoms with Gasteiger partial charge in [0.2, 0.25) is 0 Å². The summed E-state index contributed by atoms with van der Waals surface area (Å²) in [5.41, 5.74) is 2.78. The molecule has 0 fully saturated rings. The first-order valence-electron chi connectivity index (χ1n) is 7.13. The summed E-state index contributed by atoms with van der Waals surface area (Å²) in [4.78, 5) is 0. The van der Waals surface area contributed by atoms with Gasteiger partial charge in [-0.2, -0.15) is 0 Å². The van der Waals surface area contributed by atoms with Crippen molar-refractivity contribution in [2.45, 2.75) is 26.3 Å². The smallest absolute Gasteiger partial charge is 0.0483 e. The average molecular weight is 260 g/mol. The molecule has 2 aromatic rings. The van der Waals surface area contributed by atoms with E-state index in [0.29, 0.717) is 0 Å². The Kier molecular flexibility index (Phi) is 5.43. The maximum absolute atomic E-state index is 5.14. The number of ether oxygens (including phenoxy) is 1. The van der Waals surface area contributed by atoms with E-state index in [-0.39, 0.29) is 0 Å². The molecule has 0 atom stereocenters. The molecule has 1 aromatic carbocycles. The van der Waals surface area contributed by atoms with E-state index >= 15 is 0 Å². The molecule has 104 valence electrons. The highest BCUT2D eigenvalue weighted by atomic mass is 16.5. The van der Waals surface area contributed by atoms with Crippen LogP contribution in [-0.2, 0) is 17.7 Å². The number of benzene rings is 1. The second-order valence-electron chi connectivity index (χ2n) is 4.81. The molecule has 2 rings (SSSR count). The van der Waals surface area contributed by atoms with Crippen molar-refractivity contribution in [2.75, 3.05) is 26.8 Å². The van der Waals surface area contributed by atoms with Gasteiger partial charge in [0.15, 0.2) is 0 Å². The van der Waals surface area contributed by atoms with Gasteiger partial charge in [0, 0.05) is 37.4 Å². The summed E-state index contributed by atoms with van der Waals surface area (Å²) in [6.45, 7) is 6.07. The first kappa shape index (κ1) is 14.1. The summed E-state index contributed by atoms with van der Waals surface area (Å²) in [6.07, 6.45) is 4.45. The zero-order valence-electron chi connectivity index (χ0n) is 12.0. The van der Waals surface area contributed by atoms with Gasteiger partial charge in [0.25, 0.3) is 0 Å². The minimum absolute atomic E-state index is 0.819. The van der Waals surface area contributed by atoms with Crippen LogP contribution in [0.5, 0.6) is 0 Å². The van der Waals surface area contributed by atoms with E-state index in [1.54, 1.807) is 7.11 Å². The van der Waals surface area contributed by atoms with Gasteiger partial charge in [0.1, 0.15) is 0 Å². The zero-order chi connectivity index (χ0) is 13.5. The van der Waals surface area contributed by atoms with Crippen LogP contribution >= 0.6 is 0 Å². The lowest BCUT2D eigenvalue weighted by Crippen LogP contribution is -2.15. The summed E-state index contributed by atoms with van der Waals surface area (Å²) >= 11 is 0. The molecular formula is C16H24N2O. The SMILES string of the molecule is CCNCCc1cn(CCCOC)c2ccccc12. The van der Waals surface area contributed by atoms with Gasteiger partial charge >= 0.3 is 0 Å². The molecule has 0 aliphatic heterocycles. The molecular weight excluding hydrogens is 236 g/mol. The second kappa shape index (κ2) is 7.31. The molecule has 0 radical (unpaired) electrons. The summed E-state index contributed by atoms with van der Waals surface area (Å²) in [5, 5.41) is 4.78. The van der Waals surface area contributed by atoms with Crippen molar-refractivity contribution in [1.82, 2.24) is 9.88 Å². The normalized spacial score (nSPS) is 11.3. The van der Waals surface area contributed by atoms with E-state index in [1.165, 1.54) is 16.5 Å². The van der Waals surface area contributed by atoms with Gasteiger partial charge in [-0.3, -0.25) is 0 Å². The fraction of sp³-hybridized carbons (Fsp3) is 0.500. The van der Waals surface area contributed by atoms with Crippen LogP contribution < -0.4 is 5.32 Å². The summed E-state index contributed by atoms with van der Waals surface area (Å²) < 4.78 is 7.50. The molecule has 19 heavy (non-hydrogen) atoms. The minimum atomic E-state index is 0.819. The molecule has 0 aliphatic rings. The first-order chi connectivity index (χ1) is 9.36. The Hall–Kier alpha value is -1.32. The van der Waals surface area contributed by atoms with E-state index in [9.17, 15) is 0 Å². The Labute approximate surface area is 115 Å². The maximum Gasteiger partial charge on any atom is 0.0483 e. The van der Waals surface area contributed by atoms with E-state index in [4.69, 9.17) is 4.74 Å². The minimum Gasteiger partial charge on any atom is -0.385 e. The highest BCUT2D eigenvalue weighted by Crippen LogP contribution is 2.21. The van der Waals surface area contributed by atoms with Gasteiger partial charge in [-0.05, 0) is 37.6 Å². The third-order valence-electron chi connectivity index (χ3n) is 3.44. The van der Waals surface area contributed by atoms with E-state index in [1.807, 2.05) is 0 Å². The predicted octanol–water partition coefficient (Wildman–Crippen LogP) is 2.83. The van der Waals surface area contributed by atoms with Gasteiger partial charge in [0.05, 0.1) is 0 Å². The van der Waals surface area contributed by atoms with E-state index in [2.05, 4.69) is 47.3 Å². The molecule has 0 amide bonds. The number of hydrogen-bond acceptors (Lipinski definition) is 2. The fourth-order valence-electron chi connectivity index (χ4n) is 2.49. The van der Waals surface area contributed by atoms with Crippen molar-refractivity contribution in [2.24, 2.45) is 0 Å². The third-order valence-corrected chi connectivity index (χ3v) is 3.44. The van der Waals surface area contributed by atoms with Gasteiger partial charge in [-0.15, -0.1) is 0 Å². The molecule has 1 aromatic heterocycles. The topological polar surface area (TPSA) is 26.2 Å². The number of likely N-dealkylation sites (N-methyl/N-ethyl adjacent to an activating group) is 1. The number of nitrogens with zero attached hydrogens (tertiary/aromatic N) is 1. The van der Waals surface area contributed by atoms with Gasteiger partial charge < -0.3 is 14.6 Å². The molecule has 0 unspecified atom stereocenters. The van der Waals surface area contributed by atoms with Crippen molar-refractivity contribution >= 4 is 10.9 Å². The highest BCUT2D eigenvalue weighted by Gasteiger charge is 2.07. The molecule has 0 saturated heterocycles. The van der Waals surface area contributed by atoms with Gasteiger partial charge in [-0.1, -0.05) is 25.1 Å². The Bertz CT molecular complexity index is 460. The predicted molar refractivity (Wildman–Crippen MR) is 80.7 cm³/mol. The molecule has 0 aliphatic carbocycles. The lowest BCUT2D eigenvalue weighted by atomic mass is 10.1. The van der Waals surface area contributed by atoms with Crippen molar-refractivity contribution in [1.29, 1.82) is 0 Å². The molecule has 1 N–H and O–H groups in total. The highest BCUT2D eigenvalue weighted by molar-refractivity contribution is 5.84. The second-order valence-corrected chi connectivity index (χ2v) is 4.81. The van der Waals surface area contributed by atoms with Crippen molar-refractivity contribution < 1.29 is 4.74 Å². The average Bonchev–Trinajstić information content (AvgIpc) is 2.79. The Balaban J connectivity index is 2.16. The van der Waals surface area contributed by atoms with Crippen molar-refractivity contribution in [3.05, 3.63) is 36.0 Å². The van der Waals surface area contributed by atoms with Crippen LogP contribution in [0.1, 0.15) is 18.9 Å². The quantitative estimate of drug-likeness (QED) is 0.739. The third kappa shape index (κ3) is 3.58. The number of aryl methyl sites for hydroxylation is 1. The number of fused-ring (bicyclic) bond motifs is 1. The van der Waals surface area contributed by atoms with E-state index in [0.717, 1.165) is 39.1 Å². The van der Waals surface area contributed by atoms with Crippen LogP contribution in [0.15, 0.2) is 30.5 Å². The van der Waals surface area contributed by atoms with Crippen LogP contribution in [0, 0.1) is 0 Å². The Morgan fingerprint density at radius 2 is 2.11 bits per heavy atom. The van der Waals surface area contributed by atoms with Crippen LogP contribution in [0.3, 0.4) is 0 Å². The van der Waals surface area contributed by atoms with Crippen molar-refractivity contribution in [3.8, 4) is 0 Å². The largest absolute Gasteiger partial charge is 0.385 e. The number of hydrogen-bond donors (Lipinski definition) is 1. The number of rotatable bonds is 8. The lowest BCUT2D eigenvalue weighted by molar-refractivity contribution is 0.190. The number of para-hydroxylation sites is 1. The Morgan fingerprint density at radius 3 is 2.89 bits per heavy atom. The molecule has 0 bridgehead atoms. The number of nitrogens with one attached hydrogen (secondary N) is 1. The first-order valence-corrected chi connectivity index (χ1v) is 7.13. The molecule has 0 spiro atoms. The van der Waals surface area contributed by atoms with Crippen LogP contribution in [0.25, 0.3) is 10.9 Å². The molecule has 3 nitrogen and oxygen atoms in total. The van der Waals surface area contributed by atoms with Crippen molar-refractivity contribution in [3.63, 3.8) is 0 Å². The van der Waals surface area contributed by atoms with Gasteiger partial charge in [-0.25, -0.2) is 0 Å². The summed E-state index contributed by atoms with van der Waals surface area (Å²) in [6, 6.07) is 8.67. The zero-order valence-corrected chi connectivity index (χ0v) is 12.0. The maximum atomic E-state index is 5.14. The number of aromatic nitrogens is 1. The fourth-order valence-corrected chi connectivity index (χ4v) is 2.49. The summed E-state index contributed by atoms with van der Waals surface area (Å²) in [7, 11) is 1.76. The lowest BCUT2D eigenvalue weighted by Gasteiger charge is -2.04. The monoisotopic (exact) mass is 260 g/mol. The van der Waals surface area contributed by atoms with Crippen LogP contribution in [0.4, 0.5) is 0 Å². The van der Waals surface area contributed by atoms with Crippen LogP contribution in [0.2, 0.25) is 0 Å². The standard InChI is InChI=1S/C16H24N2O/c1-3-17-10-9-14-13-18(11-6-12-19-2)16-8-5-4-7-15(14)16/h4-5,7-8,13,17H,3,6,9-12H2,1-2H3. The van der Waals surface area contributed by atoms with Crippen LogP contribution in [-0.4, -0.2) is 31.4 Å². The molecule has 1 heterocycles. The summed E-state index contributed by atoms with van der Waals surface area (Å²) in [5.74, 6) is 0. The van der Waals surface area contributed by atoms with E-state index < -0.39 is 0 Å². The Morgan fingerprint density at radius 1 is 1.26 bits per heavy atom. The molecule has 3 heteroatoms.